The molecule has 0 spiro atoms. The minimum atomic E-state index is -0.989. The lowest BCUT2D eigenvalue weighted by Crippen LogP contribution is -2.10. The monoisotopic (exact) mass is 288 g/mol. The summed E-state index contributed by atoms with van der Waals surface area (Å²) in [7, 11) is 0. The Labute approximate surface area is 124 Å². The number of ether oxygens (including phenoxy) is 1. The Kier molecular flexibility index (Phi) is 4.07. The highest BCUT2D eigenvalue weighted by molar-refractivity contribution is 5.88. The van der Waals surface area contributed by atoms with Gasteiger partial charge in [-0.3, -0.25) is 0 Å². The molecule has 0 unspecified atom stereocenters. The van der Waals surface area contributed by atoms with Crippen molar-refractivity contribution in [2.45, 2.75) is 39.7 Å². The zero-order valence-corrected chi connectivity index (χ0v) is 12.8. The van der Waals surface area contributed by atoms with Crippen molar-refractivity contribution in [3.8, 4) is 5.75 Å². The van der Waals surface area contributed by atoms with Crippen LogP contribution in [0.15, 0.2) is 34.7 Å². The number of carbonyl (C=O) groups is 1. The van der Waals surface area contributed by atoms with Crippen LogP contribution in [0.1, 0.15) is 48.2 Å². The van der Waals surface area contributed by atoms with Crippen LogP contribution in [-0.4, -0.2) is 11.1 Å². The van der Waals surface area contributed by atoms with Gasteiger partial charge in [-0.05, 0) is 36.1 Å². The number of hydrogen-bond donors (Lipinski definition) is 1. The fraction of sp³-hybridized carbons (Fsp3) is 0.353. The van der Waals surface area contributed by atoms with Gasteiger partial charge in [0.25, 0.3) is 0 Å². The van der Waals surface area contributed by atoms with Gasteiger partial charge >= 0.3 is 5.97 Å². The average Bonchev–Trinajstić information content (AvgIpc) is 2.77. The van der Waals surface area contributed by atoms with E-state index in [1.807, 2.05) is 18.2 Å². The van der Waals surface area contributed by atoms with Crippen molar-refractivity contribution >= 4 is 5.97 Å². The number of benzene rings is 1. The first-order valence-corrected chi connectivity index (χ1v) is 6.83. The van der Waals surface area contributed by atoms with E-state index in [4.69, 9.17) is 14.3 Å². The van der Waals surface area contributed by atoms with Crippen LogP contribution >= 0.6 is 0 Å². The third kappa shape index (κ3) is 3.66. The molecular formula is C17H20O4. The fourth-order valence-corrected chi connectivity index (χ4v) is 2.03. The molecule has 0 aliphatic heterocycles. The predicted molar refractivity (Wildman–Crippen MR) is 79.9 cm³/mol. The van der Waals surface area contributed by atoms with Crippen LogP contribution in [-0.2, 0) is 12.0 Å². The first kappa shape index (κ1) is 15.2. The molecule has 1 N–H and O–H groups in total. The topological polar surface area (TPSA) is 59.7 Å². The number of aromatic carboxylic acids is 1. The Morgan fingerprint density at radius 1 is 1.29 bits per heavy atom. The van der Waals surface area contributed by atoms with Crippen molar-refractivity contribution in [1.29, 1.82) is 0 Å². The standard InChI is InChI=1S/C17H20O4/c1-11-15(16(18)19)9-14(21-11)10-20-13-7-5-6-12(8-13)17(2,3)4/h5-9H,10H2,1-4H3,(H,18,19). The van der Waals surface area contributed by atoms with Crippen LogP contribution in [0.5, 0.6) is 5.75 Å². The average molecular weight is 288 g/mol. The smallest absolute Gasteiger partial charge is 0.339 e. The van der Waals surface area contributed by atoms with Gasteiger partial charge in [0.2, 0.25) is 0 Å². The van der Waals surface area contributed by atoms with E-state index in [1.54, 1.807) is 6.92 Å². The summed E-state index contributed by atoms with van der Waals surface area (Å²) in [5, 5.41) is 8.99. The molecule has 21 heavy (non-hydrogen) atoms. The molecule has 0 saturated carbocycles. The Bertz CT molecular complexity index is 647. The number of furan rings is 1. The molecule has 0 atom stereocenters. The molecule has 0 fully saturated rings. The number of rotatable bonds is 4. The Morgan fingerprint density at radius 2 is 2.00 bits per heavy atom. The second kappa shape index (κ2) is 5.64. The molecular weight excluding hydrogens is 268 g/mol. The van der Waals surface area contributed by atoms with E-state index in [0.717, 1.165) is 5.75 Å². The normalized spacial score (nSPS) is 11.4. The summed E-state index contributed by atoms with van der Waals surface area (Å²) in [6.45, 7) is 8.26. The minimum absolute atomic E-state index is 0.0527. The maximum absolute atomic E-state index is 11.0. The second-order valence-electron chi connectivity index (χ2n) is 6.05. The summed E-state index contributed by atoms with van der Waals surface area (Å²) < 4.78 is 11.1. The van der Waals surface area contributed by atoms with Crippen LogP contribution in [0.2, 0.25) is 0 Å². The van der Waals surface area contributed by atoms with Gasteiger partial charge in [-0.1, -0.05) is 32.9 Å². The highest BCUT2D eigenvalue weighted by Gasteiger charge is 2.15. The van der Waals surface area contributed by atoms with E-state index < -0.39 is 5.97 Å². The summed E-state index contributed by atoms with van der Waals surface area (Å²) in [6.07, 6.45) is 0. The molecule has 112 valence electrons. The van der Waals surface area contributed by atoms with Gasteiger partial charge in [0, 0.05) is 0 Å². The molecule has 2 aromatic rings. The molecule has 0 aliphatic carbocycles. The Morgan fingerprint density at radius 3 is 2.57 bits per heavy atom. The molecule has 4 heteroatoms. The van der Waals surface area contributed by atoms with Gasteiger partial charge in [-0.25, -0.2) is 4.79 Å². The van der Waals surface area contributed by atoms with E-state index >= 15 is 0 Å². The Balaban J connectivity index is 2.10. The molecule has 2 rings (SSSR count). The summed E-state index contributed by atoms with van der Waals surface area (Å²) in [5.41, 5.74) is 1.41. The van der Waals surface area contributed by atoms with Gasteiger partial charge in [-0.2, -0.15) is 0 Å². The SMILES string of the molecule is Cc1oc(COc2cccc(C(C)(C)C)c2)cc1C(=O)O. The number of hydrogen-bond acceptors (Lipinski definition) is 3. The van der Waals surface area contributed by atoms with Gasteiger partial charge < -0.3 is 14.3 Å². The highest BCUT2D eigenvalue weighted by Crippen LogP contribution is 2.26. The molecule has 0 bridgehead atoms. The quantitative estimate of drug-likeness (QED) is 0.917. The van der Waals surface area contributed by atoms with Crippen LogP contribution < -0.4 is 4.74 Å². The lowest BCUT2D eigenvalue weighted by molar-refractivity contribution is 0.0695. The fourth-order valence-electron chi connectivity index (χ4n) is 2.03. The maximum Gasteiger partial charge on any atom is 0.339 e. The predicted octanol–water partition coefficient (Wildman–Crippen LogP) is 4.16. The van der Waals surface area contributed by atoms with Gasteiger partial charge in [0.15, 0.2) is 0 Å². The van der Waals surface area contributed by atoms with E-state index in [0.29, 0.717) is 11.5 Å². The lowest BCUT2D eigenvalue weighted by atomic mass is 9.87. The third-order valence-corrected chi connectivity index (χ3v) is 3.28. The highest BCUT2D eigenvalue weighted by atomic mass is 16.5. The first-order valence-electron chi connectivity index (χ1n) is 6.83. The summed E-state index contributed by atoms with van der Waals surface area (Å²) in [6, 6.07) is 9.39. The van der Waals surface area contributed by atoms with Crippen LogP contribution in [0.4, 0.5) is 0 Å². The largest absolute Gasteiger partial charge is 0.486 e. The van der Waals surface area contributed by atoms with E-state index in [2.05, 4.69) is 26.8 Å². The van der Waals surface area contributed by atoms with Crippen molar-refractivity contribution in [3.05, 3.63) is 53.0 Å². The lowest BCUT2D eigenvalue weighted by Gasteiger charge is -2.19. The molecule has 0 saturated heterocycles. The summed E-state index contributed by atoms with van der Waals surface area (Å²) in [4.78, 5) is 11.0. The van der Waals surface area contributed by atoms with Crippen molar-refractivity contribution in [2.75, 3.05) is 0 Å². The number of carboxylic acids is 1. The third-order valence-electron chi connectivity index (χ3n) is 3.28. The first-order chi connectivity index (χ1) is 9.77. The number of carboxylic acid groups (broad SMARTS) is 1. The maximum atomic E-state index is 11.0. The van der Waals surface area contributed by atoms with Gasteiger partial charge in [0.05, 0.1) is 0 Å². The molecule has 1 heterocycles. The van der Waals surface area contributed by atoms with Crippen LogP contribution in [0.3, 0.4) is 0 Å². The summed E-state index contributed by atoms with van der Waals surface area (Å²) in [5.74, 6) is 0.654. The van der Waals surface area contributed by atoms with Crippen molar-refractivity contribution in [1.82, 2.24) is 0 Å². The van der Waals surface area contributed by atoms with Crippen LogP contribution in [0.25, 0.3) is 0 Å². The molecule has 0 aliphatic rings. The Hall–Kier alpha value is -2.23. The van der Waals surface area contributed by atoms with E-state index in [1.165, 1.54) is 11.6 Å². The van der Waals surface area contributed by atoms with Crippen molar-refractivity contribution < 1.29 is 19.1 Å². The van der Waals surface area contributed by atoms with Gasteiger partial charge in [-0.15, -0.1) is 0 Å². The molecule has 1 aromatic heterocycles. The van der Waals surface area contributed by atoms with Gasteiger partial charge in [0.1, 0.15) is 29.4 Å². The van der Waals surface area contributed by atoms with Crippen molar-refractivity contribution in [3.63, 3.8) is 0 Å². The summed E-state index contributed by atoms with van der Waals surface area (Å²) >= 11 is 0. The molecule has 1 aromatic carbocycles. The number of aryl methyl sites for hydroxylation is 1. The van der Waals surface area contributed by atoms with E-state index in [-0.39, 0.29) is 17.6 Å². The van der Waals surface area contributed by atoms with Crippen molar-refractivity contribution in [2.24, 2.45) is 0 Å². The zero-order chi connectivity index (χ0) is 15.6. The van der Waals surface area contributed by atoms with E-state index in [9.17, 15) is 4.79 Å². The second-order valence-corrected chi connectivity index (χ2v) is 6.05. The minimum Gasteiger partial charge on any atom is -0.486 e. The molecule has 4 nitrogen and oxygen atoms in total. The molecule has 0 amide bonds. The van der Waals surface area contributed by atoms with Crippen LogP contribution in [0, 0.1) is 6.92 Å². The zero-order valence-electron chi connectivity index (χ0n) is 12.8. The molecule has 0 radical (unpaired) electrons.